The summed E-state index contributed by atoms with van der Waals surface area (Å²) in [6, 6.07) is 5.27. The van der Waals surface area contributed by atoms with Crippen LogP contribution in [0.1, 0.15) is 11.6 Å². The number of ether oxygens (including phenoxy) is 1. The second-order valence-corrected chi connectivity index (χ2v) is 4.03. The molecule has 22 heavy (non-hydrogen) atoms. The summed E-state index contributed by atoms with van der Waals surface area (Å²) < 4.78 is 76.6. The van der Waals surface area contributed by atoms with Crippen LogP contribution in [0, 0.1) is 0 Å². The van der Waals surface area contributed by atoms with Crippen molar-refractivity contribution in [3.63, 3.8) is 0 Å². The zero-order valence-electron chi connectivity index (χ0n) is 10.7. The molecule has 1 amide bonds. The van der Waals surface area contributed by atoms with E-state index in [1.807, 2.05) is 0 Å². The first-order valence-electron chi connectivity index (χ1n) is 5.68. The van der Waals surface area contributed by atoms with Gasteiger partial charge in [0.25, 0.3) is 0 Å². The number of amides is 1. The molecule has 10 heteroatoms. The van der Waals surface area contributed by atoms with Crippen molar-refractivity contribution in [1.29, 1.82) is 0 Å². The molecule has 0 heterocycles. The number of alkyl halides is 6. The smallest absolute Gasteiger partial charge is 0.456 e. The summed E-state index contributed by atoms with van der Waals surface area (Å²) >= 11 is 0. The minimum Gasteiger partial charge on any atom is -0.456 e. The van der Waals surface area contributed by atoms with Crippen molar-refractivity contribution >= 4 is 11.9 Å². The SMILES string of the molecule is O=C(NC(COC(=O)C(F)(F)F)c1ccccc1)C(F)(F)F. The number of halogens is 6. The molecule has 0 radical (unpaired) electrons. The molecular weight excluding hydrogens is 320 g/mol. The lowest BCUT2D eigenvalue weighted by Gasteiger charge is -2.20. The van der Waals surface area contributed by atoms with Crippen molar-refractivity contribution in [2.75, 3.05) is 6.61 Å². The van der Waals surface area contributed by atoms with Gasteiger partial charge in [-0.15, -0.1) is 0 Å². The molecule has 0 bridgehead atoms. The second kappa shape index (κ2) is 6.67. The molecule has 0 aromatic heterocycles. The van der Waals surface area contributed by atoms with Crippen molar-refractivity contribution in [1.82, 2.24) is 5.32 Å². The highest BCUT2D eigenvalue weighted by Crippen LogP contribution is 2.21. The maximum atomic E-state index is 12.2. The number of carbonyl (C=O) groups excluding carboxylic acids is 2. The van der Waals surface area contributed by atoms with Crippen molar-refractivity contribution in [3.05, 3.63) is 35.9 Å². The van der Waals surface area contributed by atoms with Gasteiger partial charge in [0.15, 0.2) is 0 Å². The molecule has 1 aromatic carbocycles. The van der Waals surface area contributed by atoms with E-state index in [1.165, 1.54) is 35.6 Å². The lowest BCUT2D eigenvalue weighted by molar-refractivity contribution is -0.200. The fourth-order valence-corrected chi connectivity index (χ4v) is 1.39. The third-order valence-electron chi connectivity index (χ3n) is 2.38. The Morgan fingerprint density at radius 1 is 1.00 bits per heavy atom. The van der Waals surface area contributed by atoms with Gasteiger partial charge in [0, 0.05) is 0 Å². The van der Waals surface area contributed by atoms with Gasteiger partial charge in [-0.2, -0.15) is 26.3 Å². The average molecular weight is 329 g/mol. The molecule has 4 nitrogen and oxygen atoms in total. The Bertz CT molecular complexity index is 526. The molecule has 1 aromatic rings. The Balaban J connectivity index is 2.85. The van der Waals surface area contributed by atoms with E-state index in [-0.39, 0.29) is 5.56 Å². The molecule has 0 fully saturated rings. The highest BCUT2D eigenvalue weighted by atomic mass is 19.4. The number of rotatable bonds is 4. The van der Waals surface area contributed by atoms with Crippen molar-refractivity contribution in [3.8, 4) is 0 Å². The maximum Gasteiger partial charge on any atom is 0.490 e. The minimum atomic E-state index is -5.28. The maximum absolute atomic E-state index is 12.2. The van der Waals surface area contributed by atoms with E-state index in [0.29, 0.717) is 0 Å². The van der Waals surface area contributed by atoms with Gasteiger partial charge in [-0.1, -0.05) is 30.3 Å². The van der Waals surface area contributed by atoms with Crippen LogP contribution in [-0.2, 0) is 14.3 Å². The number of benzene rings is 1. The quantitative estimate of drug-likeness (QED) is 0.682. The number of nitrogens with one attached hydrogen (secondary N) is 1. The van der Waals surface area contributed by atoms with Crippen LogP contribution in [0.15, 0.2) is 30.3 Å². The van der Waals surface area contributed by atoms with E-state index in [9.17, 15) is 35.9 Å². The van der Waals surface area contributed by atoms with Crippen LogP contribution in [-0.4, -0.2) is 30.8 Å². The molecule has 1 atom stereocenters. The van der Waals surface area contributed by atoms with E-state index >= 15 is 0 Å². The fraction of sp³-hybridized carbons (Fsp3) is 0.333. The normalized spacial score (nSPS) is 13.4. The zero-order valence-corrected chi connectivity index (χ0v) is 10.7. The predicted octanol–water partition coefficient (Wildman–Crippen LogP) is 2.51. The van der Waals surface area contributed by atoms with Gasteiger partial charge in [0.2, 0.25) is 0 Å². The first-order chi connectivity index (χ1) is 10.0. The first kappa shape index (κ1) is 17.8. The summed E-state index contributed by atoms with van der Waals surface area (Å²) in [5, 5.41) is 1.47. The first-order valence-corrected chi connectivity index (χ1v) is 5.68. The Labute approximate surface area is 120 Å². The summed E-state index contributed by atoms with van der Waals surface area (Å²) in [7, 11) is 0. The van der Waals surface area contributed by atoms with Gasteiger partial charge in [0.05, 0.1) is 6.04 Å². The summed E-state index contributed by atoms with van der Waals surface area (Å²) in [5.41, 5.74) is 0.0510. The molecule has 0 aliphatic carbocycles. The predicted molar refractivity (Wildman–Crippen MR) is 60.4 cm³/mol. The van der Waals surface area contributed by atoms with Gasteiger partial charge < -0.3 is 10.1 Å². The molecule has 0 spiro atoms. The molecule has 0 aliphatic heterocycles. The van der Waals surface area contributed by atoms with E-state index in [0.717, 1.165) is 0 Å². The number of hydrogen-bond donors (Lipinski definition) is 1. The summed E-state index contributed by atoms with van der Waals surface area (Å²) in [4.78, 5) is 21.5. The van der Waals surface area contributed by atoms with Crippen molar-refractivity contribution < 1.29 is 40.7 Å². The summed E-state index contributed by atoms with van der Waals surface area (Å²) in [6.45, 7) is -1.09. The van der Waals surface area contributed by atoms with Crippen LogP contribution in [0.25, 0.3) is 0 Å². The topological polar surface area (TPSA) is 55.4 Å². The van der Waals surface area contributed by atoms with Crippen LogP contribution < -0.4 is 5.32 Å². The molecule has 0 aliphatic rings. The largest absolute Gasteiger partial charge is 0.490 e. The molecule has 0 saturated heterocycles. The Hall–Kier alpha value is -2.26. The monoisotopic (exact) mass is 329 g/mol. The van der Waals surface area contributed by atoms with Crippen LogP contribution in [0.5, 0.6) is 0 Å². The fourth-order valence-electron chi connectivity index (χ4n) is 1.39. The van der Waals surface area contributed by atoms with Gasteiger partial charge >= 0.3 is 24.2 Å². The Morgan fingerprint density at radius 2 is 1.55 bits per heavy atom. The summed E-state index contributed by atoms with van der Waals surface area (Å²) in [6.07, 6.45) is -10.5. The number of esters is 1. The van der Waals surface area contributed by atoms with Crippen molar-refractivity contribution in [2.45, 2.75) is 18.4 Å². The lowest BCUT2D eigenvalue weighted by atomic mass is 10.1. The van der Waals surface area contributed by atoms with Gasteiger partial charge in [-0.3, -0.25) is 4.79 Å². The van der Waals surface area contributed by atoms with E-state index in [1.54, 1.807) is 0 Å². The molecule has 1 rings (SSSR count). The highest BCUT2D eigenvalue weighted by Gasteiger charge is 2.43. The average Bonchev–Trinajstić information content (AvgIpc) is 2.41. The van der Waals surface area contributed by atoms with Gasteiger partial charge in [0.1, 0.15) is 6.61 Å². The van der Waals surface area contributed by atoms with Crippen LogP contribution >= 0.6 is 0 Å². The standard InChI is InChI=1S/C12H9F6NO3/c13-11(14,15)9(20)19-8(7-4-2-1-3-5-7)6-22-10(21)12(16,17)18/h1-5,8H,6H2,(H,19,20). The van der Waals surface area contributed by atoms with Crippen LogP contribution in [0.3, 0.4) is 0 Å². The van der Waals surface area contributed by atoms with Crippen LogP contribution in [0.2, 0.25) is 0 Å². The van der Waals surface area contributed by atoms with E-state index in [2.05, 4.69) is 4.74 Å². The van der Waals surface area contributed by atoms with Gasteiger partial charge in [-0.25, -0.2) is 4.79 Å². The molecule has 0 saturated carbocycles. The molecule has 122 valence electrons. The lowest BCUT2D eigenvalue weighted by Crippen LogP contribution is -2.41. The Morgan fingerprint density at radius 3 is 2.00 bits per heavy atom. The highest BCUT2D eigenvalue weighted by molar-refractivity contribution is 5.82. The van der Waals surface area contributed by atoms with Crippen LogP contribution in [0.4, 0.5) is 26.3 Å². The Kier molecular flexibility index (Phi) is 5.39. The number of hydrogen-bond acceptors (Lipinski definition) is 3. The third kappa shape index (κ3) is 5.26. The van der Waals surface area contributed by atoms with Crippen molar-refractivity contribution in [2.24, 2.45) is 0 Å². The third-order valence-corrected chi connectivity index (χ3v) is 2.38. The zero-order chi connectivity index (χ0) is 17.0. The molecule has 1 N–H and O–H groups in total. The van der Waals surface area contributed by atoms with Gasteiger partial charge in [-0.05, 0) is 5.56 Å². The molecule has 1 unspecified atom stereocenters. The minimum absolute atomic E-state index is 0.0510. The van der Waals surface area contributed by atoms with E-state index in [4.69, 9.17) is 0 Å². The summed E-state index contributed by atoms with van der Waals surface area (Å²) in [5.74, 6) is -4.92. The second-order valence-electron chi connectivity index (χ2n) is 4.03. The molecular formula is C12H9F6NO3. The van der Waals surface area contributed by atoms with E-state index < -0.39 is 36.9 Å². The number of carbonyl (C=O) groups is 2.